The molecule has 2 N–H and O–H groups in total. The number of rotatable bonds is 9. The van der Waals surface area contributed by atoms with Gasteiger partial charge >= 0.3 is 0 Å². The number of hydrogen-bond acceptors (Lipinski definition) is 7. The van der Waals surface area contributed by atoms with E-state index in [1.54, 1.807) is 11.6 Å². The van der Waals surface area contributed by atoms with Gasteiger partial charge in [0.1, 0.15) is 18.2 Å². The maximum atomic E-state index is 6.59. The minimum Gasteiger partial charge on any atom is -0.489 e. The van der Waals surface area contributed by atoms with Gasteiger partial charge in [-0.05, 0) is 41.0 Å². The third-order valence-corrected chi connectivity index (χ3v) is 7.50. The molecule has 1 fully saturated rings. The van der Waals surface area contributed by atoms with Gasteiger partial charge in [0.25, 0.3) is 0 Å². The van der Waals surface area contributed by atoms with Crippen LogP contribution in [0, 0.1) is 0 Å². The molecule has 0 unspecified atom stereocenters. The van der Waals surface area contributed by atoms with Crippen LogP contribution >= 0.6 is 0 Å². The van der Waals surface area contributed by atoms with Gasteiger partial charge in [0.05, 0.1) is 12.8 Å². The van der Waals surface area contributed by atoms with Crippen LogP contribution in [0.25, 0.3) is 27.9 Å². The quantitative estimate of drug-likeness (QED) is 0.285. The summed E-state index contributed by atoms with van der Waals surface area (Å²) in [7, 11) is 1.76. The predicted octanol–water partition coefficient (Wildman–Crippen LogP) is 4.99. The lowest BCUT2D eigenvalue weighted by molar-refractivity contribution is 0.144. The van der Waals surface area contributed by atoms with E-state index >= 15 is 0 Å². The van der Waals surface area contributed by atoms with Crippen molar-refractivity contribution >= 4 is 17.2 Å². The molecule has 0 saturated carbocycles. The molecule has 6 rings (SSSR count). The summed E-state index contributed by atoms with van der Waals surface area (Å²) in [5, 5.41) is 4.58. The second-order valence-corrected chi connectivity index (χ2v) is 10.0. The lowest BCUT2D eigenvalue weighted by Gasteiger charge is -2.36. The van der Waals surface area contributed by atoms with Gasteiger partial charge in [0.2, 0.25) is 0 Å². The van der Waals surface area contributed by atoms with Crippen molar-refractivity contribution in [2.75, 3.05) is 57.1 Å². The number of nitrogen functional groups attached to an aromatic ring is 1. The molecular formula is C32H34N6O2. The summed E-state index contributed by atoms with van der Waals surface area (Å²) < 4.78 is 12.9. The Morgan fingerprint density at radius 3 is 2.23 bits per heavy atom. The molecule has 204 valence electrons. The maximum absolute atomic E-state index is 6.59. The first-order valence-corrected chi connectivity index (χ1v) is 13.7. The van der Waals surface area contributed by atoms with Crippen molar-refractivity contribution < 1.29 is 9.47 Å². The Bertz CT molecular complexity index is 1540. The third-order valence-electron chi connectivity index (χ3n) is 7.50. The Hall–Kier alpha value is -4.40. The van der Waals surface area contributed by atoms with E-state index in [0.717, 1.165) is 78.5 Å². The fourth-order valence-corrected chi connectivity index (χ4v) is 5.15. The molecule has 0 aliphatic carbocycles. The summed E-state index contributed by atoms with van der Waals surface area (Å²) in [5.74, 6) is 1.36. The minimum atomic E-state index is 0.526. The highest BCUT2D eigenvalue weighted by molar-refractivity contribution is 5.82. The summed E-state index contributed by atoms with van der Waals surface area (Å²) in [4.78, 5) is 9.65. The maximum Gasteiger partial charge on any atom is 0.165 e. The van der Waals surface area contributed by atoms with Crippen molar-refractivity contribution in [1.82, 2.24) is 19.5 Å². The van der Waals surface area contributed by atoms with Crippen LogP contribution in [0.1, 0.15) is 5.56 Å². The van der Waals surface area contributed by atoms with E-state index in [2.05, 4.69) is 51.3 Å². The Balaban J connectivity index is 1.15. The van der Waals surface area contributed by atoms with Crippen molar-refractivity contribution in [3.8, 4) is 28.0 Å². The third kappa shape index (κ3) is 5.50. The highest BCUT2D eigenvalue weighted by Gasteiger charge is 2.18. The average molecular weight is 535 g/mol. The van der Waals surface area contributed by atoms with E-state index in [0.29, 0.717) is 12.4 Å². The second kappa shape index (κ2) is 11.8. The Labute approximate surface area is 234 Å². The normalized spacial score (nSPS) is 14.1. The molecule has 8 nitrogen and oxygen atoms in total. The van der Waals surface area contributed by atoms with Crippen molar-refractivity contribution in [2.45, 2.75) is 6.61 Å². The first kappa shape index (κ1) is 25.9. The molecule has 3 aromatic carbocycles. The fourth-order valence-electron chi connectivity index (χ4n) is 5.15. The van der Waals surface area contributed by atoms with Crippen LogP contribution < -0.4 is 15.4 Å². The van der Waals surface area contributed by atoms with Crippen LogP contribution in [0.4, 0.5) is 11.5 Å². The molecular weight excluding hydrogens is 500 g/mol. The fraction of sp³-hybridized carbons (Fsp3) is 0.250. The van der Waals surface area contributed by atoms with E-state index < -0.39 is 0 Å². The molecule has 5 aromatic rings. The minimum absolute atomic E-state index is 0.526. The zero-order chi connectivity index (χ0) is 27.3. The van der Waals surface area contributed by atoms with Crippen LogP contribution in [-0.2, 0) is 11.3 Å². The number of fused-ring (bicyclic) bond motifs is 1. The summed E-state index contributed by atoms with van der Waals surface area (Å²) >= 11 is 0. The Morgan fingerprint density at radius 2 is 1.50 bits per heavy atom. The van der Waals surface area contributed by atoms with Gasteiger partial charge in [0, 0.05) is 62.8 Å². The van der Waals surface area contributed by atoms with Crippen molar-refractivity contribution in [3.63, 3.8) is 0 Å². The smallest absolute Gasteiger partial charge is 0.165 e. The van der Waals surface area contributed by atoms with Crippen molar-refractivity contribution in [1.29, 1.82) is 0 Å². The number of nitrogens with zero attached hydrogens (tertiary/aromatic N) is 5. The molecule has 1 aliphatic heterocycles. The predicted molar refractivity (Wildman–Crippen MR) is 160 cm³/mol. The van der Waals surface area contributed by atoms with E-state index in [4.69, 9.17) is 20.2 Å². The molecule has 40 heavy (non-hydrogen) atoms. The lowest BCUT2D eigenvalue weighted by atomic mass is 10.1. The first-order chi connectivity index (χ1) is 19.7. The largest absolute Gasteiger partial charge is 0.489 e. The molecule has 2 aromatic heterocycles. The number of nitrogens with two attached hydrogens (primary N) is 1. The highest BCUT2D eigenvalue weighted by atomic mass is 16.5. The molecule has 0 radical (unpaired) electrons. The second-order valence-electron chi connectivity index (χ2n) is 10.0. The van der Waals surface area contributed by atoms with Crippen LogP contribution in [-0.4, -0.2) is 65.9 Å². The zero-order valence-electron chi connectivity index (χ0n) is 22.7. The van der Waals surface area contributed by atoms with Gasteiger partial charge in [-0.3, -0.25) is 4.90 Å². The average Bonchev–Trinajstić information content (AvgIpc) is 3.46. The summed E-state index contributed by atoms with van der Waals surface area (Å²) in [5.41, 5.74) is 13.5. The van der Waals surface area contributed by atoms with E-state index in [1.807, 2.05) is 54.9 Å². The Kier molecular flexibility index (Phi) is 7.61. The number of aromatic nitrogens is 3. The molecule has 1 saturated heterocycles. The van der Waals surface area contributed by atoms with E-state index in [9.17, 15) is 0 Å². The van der Waals surface area contributed by atoms with Gasteiger partial charge < -0.3 is 20.1 Å². The van der Waals surface area contributed by atoms with Gasteiger partial charge in [-0.2, -0.15) is 9.61 Å². The van der Waals surface area contributed by atoms with Crippen molar-refractivity contribution in [3.05, 3.63) is 96.8 Å². The van der Waals surface area contributed by atoms with Gasteiger partial charge in [-0.15, -0.1) is 0 Å². The van der Waals surface area contributed by atoms with Crippen molar-refractivity contribution in [2.24, 2.45) is 0 Å². The number of hydrogen-bond donors (Lipinski definition) is 1. The van der Waals surface area contributed by atoms with E-state index in [1.165, 1.54) is 5.69 Å². The summed E-state index contributed by atoms with van der Waals surface area (Å²) in [6.45, 7) is 6.43. The number of benzene rings is 3. The van der Waals surface area contributed by atoms with Crippen LogP contribution in [0.5, 0.6) is 5.75 Å². The molecule has 8 heteroatoms. The molecule has 0 bridgehead atoms. The molecule has 1 aliphatic rings. The van der Waals surface area contributed by atoms with E-state index in [-0.39, 0.29) is 0 Å². The lowest BCUT2D eigenvalue weighted by Crippen LogP contribution is -2.47. The summed E-state index contributed by atoms with van der Waals surface area (Å²) in [6, 6.07) is 26.7. The number of anilines is 2. The number of ether oxygens (including phenoxy) is 2. The molecule has 3 heterocycles. The number of piperazine rings is 1. The first-order valence-electron chi connectivity index (χ1n) is 13.7. The monoisotopic (exact) mass is 534 g/mol. The van der Waals surface area contributed by atoms with Crippen LogP contribution in [0.15, 0.2) is 91.3 Å². The van der Waals surface area contributed by atoms with Gasteiger partial charge in [-0.1, -0.05) is 54.6 Å². The topological polar surface area (TPSA) is 81.2 Å². The highest BCUT2D eigenvalue weighted by Crippen LogP contribution is 2.32. The SMILES string of the molecule is COCCN1CCN(c2ccc(-c3cnn4c(N)c(-c5ccc(OCc6ccccc6)cc5)cnc34)cc2)CC1. The van der Waals surface area contributed by atoms with Gasteiger partial charge in [0.15, 0.2) is 5.65 Å². The Morgan fingerprint density at radius 1 is 0.800 bits per heavy atom. The molecule has 0 spiro atoms. The van der Waals surface area contributed by atoms with Crippen LogP contribution in [0.2, 0.25) is 0 Å². The molecule has 0 atom stereocenters. The van der Waals surface area contributed by atoms with Gasteiger partial charge in [-0.25, -0.2) is 4.98 Å². The standard InChI is InChI=1S/C32H34N6O2/c1-39-20-19-36-15-17-37(18-16-36)27-11-7-26(8-12-27)30-22-35-38-31(33)29(21-34-32(30)38)25-9-13-28(14-10-25)40-23-24-5-3-2-4-6-24/h2-14,21-22H,15-20,23,33H2,1H3. The van der Waals surface area contributed by atoms with Crippen LogP contribution in [0.3, 0.4) is 0 Å². The molecule has 0 amide bonds. The summed E-state index contributed by atoms with van der Waals surface area (Å²) in [6.07, 6.45) is 3.67. The number of methoxy groups -OCH3 is 1. The zero-order valence-corrected chi connectivity index (χ0v) is 22.7.